The molecule has 0 saturated carbocycles. The van der Waals surface area contributed by atoms with Crippen LogP contribution in [0.5, 0.6) is 0 Å². The monoisotopic (exact) mass is 281 g/mol. The van der Waals surface area contributed by atoms with E-state index < -0.39 is 0 Å². The van der Waals surface area contributed by atoms with E-state index in [9.17, 15) is 4.79 Å². The average molecular weight is 281 g/mol. The summed E-state index contributed by atoms with van der Waals surface area (Å²) in [5, 5.41) is 12.5. The molecule has 1 N–H and O–H groups in total. The van der Waals surface area contributed by atoms with Crippen molar-refractivity contribution in [1.82, 2.24) is 15.4 Å². The summed E-state index contributed by atoms with van der Waals surface area (Å²) in [6, 6.07) is 13.4. The first kappa shape index (κ1) is 12.5. The van der Waals surface area contributed by atoms with Crippen molar-refractivity contribution in [2.24, 2.45) is 0 Å². The molecule has 4 nitrogen and oxygen atoms in total. The summed E-state index contributed by atoms with van der Waals surface area (Å²) in [4.78, 5) is 13.2. The molecule has 0 aliphatic heterocycles. The van der Waals surface area contributed by atoms with Crippen LogP contribution in [0.2, 0.25) is 0 Å². The van der Waals surface area contributed by atoms with Gasteiger partial charge in [-0.05, 0) is 23.6 Å². The lowest BCUT2D eigenvalue weighted by Crippen LogP contribution is -1.97. The minimum atomic E-state index is -0.161. The Hall–Kier alpha value is -2.53. The molecule has 3 rings (SSSR count). The molecule has 5 heteroatoms. The number of carbonyl (C=O) groups is 1. The van der Waals surface area contributed by atoms with Gasteiger partial charge in [-0.25, -0.2) is 0 Å². The molecular weight excluding hydrogens is 270 g/mol. The molecular formula is C15H11N3OS. The number of H-pyrrole nitrogens is 1. The topological polar surface area (TPSA) is 58.6 Å². The molecule has 0 bridgehead atoms. The highest BCUT2D eigenvalue weighted by molar-refractivity contribution is 7.10. The SMILES string of the molecule is O=C(/C=C/c1cccs1)c1n[nH]nc1-c1ccccc1. The van der Waals surface area contributed by atoms with Gasteiger partial charge in [-0.3, -0.25) is 4.79 Å². The van der Waals surface area contributed by atoms with Crippen molar-refractivity contribution in [2.45, 2.75) is 0 Å². The predicted molar refractivity (Wildman–Crippen MR) is 79.5 cm³/mol. The van der Waals surface area contributed by atoms with Crippen LogP contribution >= 0.6 is 11.3 Å². The number of nitrogens with one attached hydrogen (secondary N) is 1. The highest BCUT2D eigenvalue weighted by atomic mass is 32.1. The van der Waals surface area contributed by atoms with Gasteiger partial charge in [0.2, 0.25) is 5.78 Å². The van der Waals surface area contributed by atoms with Gasteiger partial charge in [0.25, 0.3) is 0 Å². The normalized spacial score (nSPS) is 11.0. The third-order valence-corrected chi connectivity index (χ3v) is 3.61. The molecule has 0 radical (unpaired) electrons. The van der Waals surface area contributed by atoms with Gasteiger partial charge in [0.15, 0.2) is 5.69 Å². The molecule has 98 valence electrons. The van der Waals surface area contributed by atoms with E-state index in [2.05, 4.69) is 15.4 Å². The molecule has 0 saturated heterocycles. The summed E-state index contributed by atoms with van der Waals surface area (Å²) < 4.78 is 0. The van der Waals surface area contributed by atoms with Crippen LogP contribution in [0.1, 0.15) is 15.4 Å². The zero-order valence-electron chi connectivity index (χ0n) is 10.5. The van der Waals surface area contributed by atoms with Crippen LogP contribution in [0.3, 0.4) is 0 Å². The number of thiophene rings is 1. The Bertz CT molecular complexity index is 730. The van der Waals surface area contributed by atoms with Crippen molar-refractivity contribution in [2.75, 3.05) is 0 Å². The summed E-state index contributed by atoms with van der Waals surface area (Å²) in [6.07, 6.45) is 3.31. The summed E-state index contributed by atoms with van der Waals surface area (Å²) >= 11 is 1.58. The predicted octanol–water partition coefficient (Wildman–Crippen LogP) is 3.43. The van der Waals surface area contributed by atoms with Gasteiger partial charge in [-0.15, -0.1) is 11.3 Å². The second-order valence-electron chi connectivity index (χ2n) is 4.10. The lowest BCUT2D eigenvalue weighted by atomic mass is 10.1. The smallest absolute Gasteiger partial charge is 0.208 e. The van der Waals surface area contributed by atoms with Crippen molar-refractivity contribution in [3.05, 3.63) is 64.5 Å². The Labute approximate surface area is 119 Å². The molecule has 2 heterocycles. The molecule has 0 unspecified atom stereocenters. The van der Waals surface area contributed by atoms with E-state index in [1.165, 1.54) is 6.08 Å². The lowest BCUT2D eigenvalue weighted by Gasteiger charge is -1.97. The van der Waals surface area contributed by atoms with Gasteiger partial charge in [0.1, 0.15) is 5.69 Å². The molecule has 3 aromatic rings. The van der Waals surface area contributed by atoms with Crippen LogP contribution < -0.4 is 0 Å². The quantitative estimate of drug-likeness (QED) is 0.588. The highest BCUT2D eigenvalue weighted by Crippen LogP contribution is 2.20. The van der Waals surface area contributed by atoms with Crippen LogP contribution in [0, 0.1) is 0 Å². The lowest BCUT2D eigenvalue weighted by molar-refractivity contribution is 0.104. The number of benzene rings is 1. The van der Waals surface area contributed by atoms with Crippen molar-refractivity contribution in [3.8, 4) is 11.3 Å². The number of rotatable bonds is 4. The van der Waals surface area contributed by atoms with Crippen LogP contribution in [0.25, 0.3) is 17.3 Å². The van der Waals surface area contributed by atoms with Crippen LogP contribution in [0.15, 0.2) is 53.9 Å². The number of ketones is 1. The Morgan fingerprint density at radius 1 is 1.10 bits per heavy atom. The molecule has 0 spiro atoms. The fraction of sp³-hybridized carbons (Fsp3) is 0. The molecule has 2 aromatic heterocycles. The second-order valence-corrected chi connectivity index (χ2v) is 5.08. The van der Waals surface area contributed by atoms with E-state index >= 15 is 0 Å². The minimum Gasteiger partial charge on any atom is -0.287 e. The van der Waals surface area contributed by atoms with Crippen molar-refractivity contribution in [3.63, 3.8) is 0 Å². The number of aromatic nitrogens is 3. The van der Waals surface area contributed by atoms with Crippen molar-refractivity contribution in [1.29, 1.82) is 0 Å². The zero-order chi connectivity index (χ0) is 13.8. The molecule has 0 aliphatic rings. The molecule has 0 fully saturated rings. The Morgan fingerprint density at radius 2 is 1.95 bits per heavy atom. The molecule has 20 heavy (non-hydrogen) atoms. The maximum atomic E-state index is 12.2. The first-order valence-corrected chi connectivity index (χ1v) is 6.94. The van der Waals surface area contributed by atoms with Crippen molar-refractivity contribution < 1.29 is 4.79 Å². The largest absolute Gasteiger partial charge is 0.287 e. The van der Waals surface area contributed by atoms with Gasteiger partial charge < -0.3 is 0 Å². The fourth-order valence-electron chi connectivity index (χ4n) is 1.82. The van der Waals surface area contributed by atoms with E-state index in [0.29, 0.717) is 11.4 Å². The standard InChI is InChI=1S/C15H11N3OS/c19-13(9-8-12-7-4-10-20-12)15-14(16-18-17-15)11-5-2-1-3-6-11/h1-10H,(H,16,17,18)/b9-8+. The average Bonchev–Trinajstić information content (AvgIpc) is 3.17. The van der Waals surface area contributed by atoms with Crippen LogP contribution in [0.4, 0.5) is 0 Å². The Morgan fingerprint density at radius 3 is 2.70 bits per heavy atom. The fourth-order valence-corrected chi connectivity index (χ4v) is 2.44. The number of aromatic amines is 1. The van der Waals surface area contributed by atoms with E-state index in [4.69, 9.17) is 0 Å². The molecule has 1 aromatic carbocycles. The number of carbonyl (C=O) groups excluding carboxylic acids is 1. The third kappa shape index (κ3) is 2.57. The second kappa shape index (κ2) is 5.63. The Balaban J connectivity index is 1.88. The van der Waals surface area contributed by atoms with E-state index in [-0.39, 0.29) is 5.78 Å². The maximum Gasteiger partial charge on any atom is 0.208 e. The molecule has 0 aliphatic carbocycles. The first-order valence-electron chi connectivity index (χ1n) is 6.07. The van der Waals surface area contributed by atoms with Gasteiger partial charge in [0.05, 0.1) is 0 Å². The molecule has 0 atom stereocenters. The van der Waals surface area contributed by atoms with Gasteiger partial charge in [0, 0.05) is 10.4 Å². The number of hydrogen-bond acceptors (Lipinski definition) is 4. The van der Waals surface area contributed by atoms with Crippen LogP contribution in [-0.2, 0) is 0 Å². The van der Waals surface area contributed by atoms with Gasteiger partial charge >= 0.3 is 0 Å². The number of hydrogen-bond donors (Lipinski definition) is 1. The van der Waals surface area contributed by atoms with Crippen LogP contribution in [-0.4, -0.2) is 21.2 Å². The van der Waals surface area contributed by atoms with E-state index in [1.807, 2.05) is 47.8 Å². The van der Waals surface area contributed by atoms with Crippen molar-refractivity contribution >= 4 is 23.2 Å². The first-order chi connectivity index (χ1) is 9.84. The Kier molecular flexibility index (Phi) is 3.52. The highest BCUT2D eigenvalue weighted by Gasteiger charge is 2.15. The molecule has 0 amide bonds. The maximum absolute atomic E-state index is 12.2. The third-order valence-electron chi connectivity index (χ3n) is 2.77. The zero-order valence-corrected chi connectivity index (χ0v) is 11.3. The summed E-state index contributed by atoms with van der Waals surface area (Å²) in [7, 11) is 0. The summed E-state index contributed by atoms with van der Waals surface area (Å²) in [5.41, 5.74) is 1.78. The van der Waals surface area contributed by atoms with Gasteiger partial charge in [-0.2, -0.15) is 15.4 Å². The van der Waals surface area contributed by atoms with E-state index in [0.717, 1.165) is 10.4 Å². The van der Waals surface area contributed by atoms with E-state index in [1.54, 1.807) is 17.4 Å². The van der Waals surface area contributed by atoms with Gasteiger partial charge in [-0.1, -0.05) is 36.4 Å². The number of allylic oxidation sites excluding steroid dienone is 1. The summed E-state index contributed by atoms with van der Waals surface area (Å²) in [6.45, 7) is 0. The summed E-state index contributed by atoms with van der Waals surface area (Å²) in [5.74, 6) is -0.161. The number of nitrogens with zero attached hydrogens (tertiary/aromatic N) is 2. The minimum absolute atomic E-state index is 0.161.